The minimum absolute atomic E-state index is 0.657. The number of hydrogen-bond acceptors (Lipinski definition) is 2. The lowest BCUT2D eigenvalue weighted by Gasteiger charge is -2.06. The lowest BCUT2D eigenvalue weighted by atomic mass is 10.2. The van der Waals surface area contributed by atoms with Crippen LogP contribution in [0.15, 0.2) is 24.8 Å². The number of rotatable bonds is 3. The SMILES string of the molecule is C=Cc1cc(N)ccc1OCC. The molecular formula is C10H13NO. The average molecular weight is 163 g/mol. The van der Waals surface area contributed by atoms with Crippen LogP contribution in [0, 0.1) is 0 Å². The van der Waals surface area contributed by atoms with Gasteiger partial charge in [0.2, 0.25) is 0 Å². The molecular weight excluding hydrogens is 150 g/mol. The molecule has 0 heterocycles. The monoisotopic (exact) mass is 163 g/mol. The molecule has 0 aliphatic carbocycles. The fraction of sp³-hybridized carbons (Fsp3) is 0.200. The first-order valence-corrected chi connectivity index (χ1v) is 3.92. The maximum absolute atomic E-state index is 5.60. The quantitative estimate of drug-likeness (QED) is 0.694. The smallest absolute Gasteiger partial charge is 0.126 e. The van der Waals surface area contributed by atoms with Crippen LogP contribution in [0.25, 0.3) is 6.08 Å². The summed E-state index contributed by atoms with van der Waals surface area (Å²) in [6, 6.07) is 5.52. The third kappa shape index (κ3) is 1.78. The van der Waals surface area contributed by atoms with Crippen LogP contribution in [0.3, 0.4) is 0 Å². The van der Waals surface area contributed by atoms with E-state index in [1.807, 2.05) is 25.1 Å². The fourth-order valence-electron chi connectivity index (χ4n) is 1.01. The highest BCUT2D eigenvalue weighted by molar-refractivity contribution is 5.61. The van der Waals surface area contributed by atoms with Gasteiger partial charge in [0.15, 0.2) is 0 Å². The molecule has 1 aromatic rings. The molecule has 0 bridgehead atoms. The zero-order valence-corrected chi connectivity index (χ0v) is 7.21. The van der Waals surface area contributed by atoms with Gasteiger partial charge in [-0.2, -0.15) is 0 Å². The molecule has 2 nitrogen and oxygen atoms in total. The molecule has 0 atom stereocenters. The van der Waals surface area contributed by atoms with E-state index in [4.69, 9.17) is 10.5 Å². The van der Waals surface area contributed by atoms with Gasteiger partial charge in [-0.3, -0.25) is 0 Å². The maximum Gasteiger partial charge on any atom is 0.126 e. The van der Waals surface area contributed by atoms with Gasteiger partial charge in [0.1, 0.15) is 5.75 Å². The first-order chi connectivity index (χ1) is 5.77. The Kier molecular flexibility index (Phi) is 2.75. The summed E-state index contributed by atoms with van der Waals surface area (Å²) in [6.07, 6.45) is 1.74. The molecule has 2 N–H and O–H groups in total. The summed E-state index contributed by atoms with van der Waals surface area (Å²) in [6.45, 7) is 6.28. The van der Waals surface area contributed by atoms with Gasteiger partial charge in [-0.05, 0) is 25.1 Å². The predicted molar refractivity (Wildman–Crippen MR) is 52.1 cm³/mol. The van der Waals surface area contributed by atoms with Crippen LogP contribution >= 0.6 is 0 Å². The zero-order valence-electron chi connectivity index (χ0n) is 7.21. The molecule has 0 spiro atoms. The second-order valence-corrected chi connectivity index (χ2v) is 2.43. The molecule has 1 aromatic carbocycles. The third-order valence-corrected chi connectivity index (χ3v) is 1.55. The molecule has 0 amide bonds. The van der Waals surface area contributed by atoms with Crippen LogP contribution in [0.4, 0.5) is 5.69 Å². The normalized spacial score (nSPS) is 9.42. The van der Waals surface area contributed by atoms with E-state index in [9.17, 15) is 0 Å². The summed E-state index contributed by atoms with van der Waals surface area (Å²) in [7, 11) is 0. The largest absolute Gasteiger partial charge is 0.493 e. The fourth-order valence-corrected chi connectivity index (χ4v) is 1.01. The van der Waals surface area contributed by atoms with Gasteiger partial charge in [0, 0.05) is 11.3 Å². The zero-order chi connectivity index (χ0) is 8.97. The predicted octanol–water partition coefficient (Wildman–Crippen LogP) is 2.31. The maximum atomic E-state index is 5.60. The Morgan fingerprint density at radius 3 is 2.92 bits per heavy atom. The van der Waals surface area contributed by atoms with Crippen LogP contribution in [0.2, 0.25) is 0 Å². The molecule has 64 valence electrons. The summed E-state index contributed by atoms with van der Waals surface area (Å²) in [5.74, 6) is 0.835. The van der Waals surface area contributed by atoms with Gasteiger partial charge < -0.3 is 10.5 Å². The molecule has 0 aliphatic heterocycles. The molecule has 0 aromatic heterocycles. The second-order valence-electron chi connectivity index (χ2n) is 2.43. The van der Waals surface area contributed by atoms with Gasteiger partial charge in [0.25, 0.3) is 0 Å². The lowest BCUT2D eigenvalue weighted by molar-refractivity contribution is 0.339. The van der Waals surface area contributed by atoms with Crippen molar-refractivity contribution in [1.29, 1.82) is 0 Å². The van der Waals surface area contributed by atoms with Crippen molar-refractivity contribution in [2.75, 3.05) is 12.3 Å². The number of hydrogen-bond donors (Lipinski definition) is 1. The van der Waals surface area contributed by atoms with Crippen LogP contribution in [0.1, 0.15) is 12.5 Å². The highest BCUT2D eigenvalue weighted by Crippen LogP contribution is 2.21. The number of nitrogens with two attached hydrogens (primary N) is 1. The molecule has 0 aliphatic rings. The Morgan fingerprint density at radius 1 is 1.58 bits per heavy atom. The highest BCUT2D eigenvalue weighted by atomic mass is 16.5. The molecule has 12 heavy (non-hydrogen) atoms. The summed E-state index contributed by atoms with van der Waals surface area (Å²) >= 11 is 0. The van der Waals surface area contributed by atoms with Crippen molar-refractivity contribution in [3.8, 4) is 5.75 Å². The second kappa shape index (κ2) is 3.81. The first-order valence-electron chi connectivity index (χ1n) is 3.92. The molecule has 0 saturated carbocycles. The summed E-state index contributed by atoms with van der Waals surface area (Å²) < 4.78 is 5.36. The standard InChI is InChI=1S/C10H13NO/c1-3-8-7-9(11)5-6-10(8)12-4-2/h3,5-7H,1,4,11H2,2H3. The van der Waals surface area contributed by atoms with Crippen molar-refractivity contribution in [2.45, 2.75) is 6.92 Å². The molecule has 0 unspecified atom stereocenters. The number of anilines is 1. The summed E-state index contributed by atoms with van der Waals surface area (Å²) in [5, 5.41) is 0. The van der Waals surface area contributed by atoms with E-state index >= 15 is 0 Å². The molecule has 0 radical (unpaired) electrons. The Balaban J connectivity index is 3.02. The van der Waals surface area contributed by atoms with Crippen molar-refractivity contribution in [1.82, 2.24) is 0 Å². The van der Waals surface area contributed by atoms with Gasteiger partial charge >= 0.3 is 0 Å². The Labute approximate surface area is 72.7 Å². The number of benzene rings is 1. The van der Waals surface area contributed by atoms with Gasteiger partial charge in [-0.25, -0.2) is 0 Å². The van der Waals surface area contributed by atoms with E-state index in [2.05, 4.69) is 6.58 Å². The molecule has 1 rings (SSSR count). The van der Waals surface area contributed by atoms with Gasteiger partial charge in [0.05, 0.1) is 6.61 Å². The molecule has 2 heteroatoms. The van der Waals surface area contributed by atoms with Crippen LogP contribution in [-0.2, 0) is 0 Å². The molecule has 0 saturated heterocycles. The lowest BCUT2D eigenvalue weighted by Crippen LogP contribution is -1.94. The van der Waals surface area contributed by atoms with E-state index < -0.39 is 0 Å². The van der Waals surface area contributed by atoms with Crippen molar-refractivity contribution in [2.24, 2.45) is 0 Å². The van der Waals surface area contributed by atoms with E-state index in [0.717, 1.165) is 17.0 Å². The highest BCUT2D eigenvalue weighted by Gasteiger charge is 1.98. The van der Waals surface area contributed by atoms with Crippen molar-refractivity contribution in [3.05, 3.63) is 30.3 Å². The number of ether oxygens (including phenoxy) is 1. The Bertz CT molecular complexity index is 281. The van der Waals surface area contributed by atoms with Crippen molar-refractivity contribution in [3.63, 3.8) is 0 Å². The average Bonchev–Trinajstić information content (AvgIpc) is 2.08. The Hall–Kier alpha value is -1.44. The van der Waals surface area contributed by atoms with Crippen LogP contribution < -0.4 is 10.5 Å². The van der Waals surface area contributed by atoms with Gasteiger partial charge in [-0.15, -0.1) is 0 Å². The van der Waals surface area contributed by atoms with E-state index in [1.54, 1.807) is 6.08 Å². The van der Waals surface area contributed by atoms with Gasteiger partial charge in [-0.1, -0.05) is 12.7 Å². The Morgan fingerprint density at radius 2 is 2.33 bits per heavy atom. The van der Waals surface area contributed by atoms with E-state index in [-0.39, 0.29) is 0 Å². The summed E-state index contributed by atoms with van der Waals surface area (Å²) in [5.41, 5.74) is 7.27. The third-order valence-electron chi connectivity index (χ3n) is 1.55. The van der Waals surface area contributed by atoms with E-state index in [1.165, 1.54) is 0 Å². The topological polar surface area (TPSA) is 35.2 Å². The minimum Gasteiger partial charge on any atom is -0.493 e. The van der Waals surface area contributed by atoms with Crippen LogP contribution in [0.5, 0.6) is 5.75 Å². The number of nitrogen functional groups attached to an aromatic ring is 1. The molecule has 0 fully saturated rings. The first kappa shape index (κ1) is 8.65. The van der Waals surface area contributed by atoms with Crippen molar-refractivity contribution >= 4 is 11.8 Å². The summed E-state index contributed by atoms with van der Waals surface area (Å²) in [4.78, 5) is 0. The van der Waals surface area contributed by atoms with Crippen LogP contribution in [-0.4, -0.2) is 6.61 Å². The van der Waals surface area contributed by atoms with E-state index in [0.29, 0.717) is 6.61 Å². The minimum atomic E-state index is 0.657. The van der Waals surface area contributed by atoms with Crippen molar-refractivity contribution < 1.29 is 4.74 Å².